The van der Waals surface area contributed by atoms with Gasteiger partial charge in [0.2, 0.25) is 11.1 Å². The van der Waals surface area contributed by atoms with Gasteiger partial charge in [-0.15, -0.1) is 5.10 Å². The molecule has 1 amide bonds. The molecule has 1 fully saturated rings. The monoisotopic (exact) mass is 741 g/mol. The Hall–Kier alpha value is -3.57. The largest absolute Gasteiger partial charge is 0.392 e. The summed E-state index contributed by atoms with van der Waals surface area (Å²) < 4.78 is 15.3. The van der Waals surface area contributed by atoms with Gasteiger partial charge in [0.15, 0.2) is 6.29 Å². The second-order valence-corrected chi connectivity index (χ2v) is 15.3. The molecule has 4 aromatic rings. The number of amides is 1. The minimum atomic E-state index is -0.611. The molecular formula is C43H59N5O4S. The summed E-state index contributed by atoms with van der Waals surface area (Å²) in [6, 6.07) is 26.4. The number of nitrogens with one attached hydrogen (secondary N) is 1. The molecule has 1 aliphatic heterocycles. The number of aryl methyl sites for hydroxylation is 1. The van der Waals surface area contributed by atoms with Crippen molar-refractivity contribution >= 4 is 17.7 Å². The summed E-state index contributed by atoms with van der Waals surface area (Å²) in [7, 11) is 1.83. The lowest BCUT2D eigenvalue weighted by Gasteiger charge is -2.43. The molecule has 53 heavy (non-hydrogen) atoms. The van der Waals surface area contributed by atoms with Crippen molar-refractivity contribution in [2.45, 2.75) is 140 Å². The number of rotatable bonds is 23. The molecule has 1 saturated heterocycles. The van der Waals surface area contributed by atoms with E-state index < -0.39 is 6.29 Å². The Kier molecular flexibility index (Phi) is 17.3. The Balaban J connectivity index is 1.13. The normalized spacial score (nSPS) is 18.6. The number of tetrazole rings is 1. The number of hydrogen-bond acceptors (Lipinski definition) is 8. The lowest BCUT2D eigenvalue weighted by Crippen LogP contribution is -2.38. The van der Waals surface area contributed by atoms with E-state index in [9.17, 15) is 9.90 Å². The lowest BCUT2D eigenvalue weighted by molar-refractivity contribution is -0.255. The average molecular weight is 742 g/mol. The Morgan fingerprint density at radius 1 is 0.755 bits per heavy atom. The molecule has 286 valence electrons. The molecule has 0 saturated carbocycles. The van der Waals surface area contributed by atoms with Crippen LogP contribution in [0.2, 0.25) is 0 Å². The van der Waals surface area contributed by atoms with Gasteiger partial charge in [-0.3, -0.25) is 4.79 Å². The van der Waals surface area contributed by atoms with Gasteiger partial charge >= 0.3 is 0 Å². The van der Waals surface area contributed by atoms with Crippen molar-refractivity contribution in [3.63, 3.8) is 0 Å². The number of benzene rings is 3. The zero-order valence-corrected chi connectivity index (χ0v) is 32.5. The zero-order chi connectivity index (χ0) is 37.1. The molecule has 0 spiro atoms. The van der Waals surface area contributed by atoms with Crippen molar-refractivity contribution in [2.75, 3.05) is 5.75 Å². The second kappa shape index (κ2) is 22.6. The summed E-state index contributed by atoms with van der Waals surface area (Å²) in [5.41, 5.74) is 4.92. The van der Waals surface area contributed by atoms with Crippen LogP contribution in [0.15, 0.2) is 84.0 Å². The Morgan fingerprint density at radius 2 is 1.36 bits per heavy atom. The number of aromatic nitrogens is 4. The number of carbonyl (C=O) groups is 1. The average Bonchev–Trinajstić information content (AvgIpc) is 3.62. The first-order valence-electron chi connectivity index (χ1n) is 19.8. The van der Waals surface area contributed by atoms with Gasteiger partial charge in [-0.05, 0) is 39.1 Å². The highest BCUT2D eigenvalue weighted by atomic mass is 32.2. The molecule has 4 unspecified atom stereocenters. The summed E-state index contributed by atoms with van der Waals surface area (Å²) >= 11 is 1.56. The highest BCUT2D eigenvalue weighted by Gasteiger charge is 2.42. The van der Waals surface area contributed by atoms with Gasteiger partial charge in [0, 0.05) is 37.2 Å². The predicted octanol–water partition coefficient (Wildman–Crippen LogP) is 9.53. The zero-order valence-electron chi connectivity index (χ0n) is 31.7. The number of hydrogen-bond donors (Lipinski definition) is 2. The molecule has 9 nitrogen and oxygen atoms in total. The summed E-state index contributed by atoms with van der Waals surface area (Å²) in [4.78, 5) is 12.6. The Bertz CT molecular complexity index is 1600. The van der Waals surface area contributed by atoms with Gasteiger partial charge in [-0.2, -0.15) is 0 Å². The number of unbranched alkanes of at least 4 members (excludes halogenated alkanes) is 12. The number of aliphatic hydroxyl groups is 1. The molecule has 3 aromatic carbocycles. The van der Waals surface area contributed by atoms with Gasteiger partial charge in [-0.1, -0.05) is 175 Å². The molecule has 5 rings (SSSR count). The van der Waals surface area contributed by atoms with Crippen LogP contribution in [0.25, 0.3) is 0 Å². The number of thioether (sulfide) groups is 1. The third kappa shape index (κ3) is 13.1. The van der Waals surface area contributed by atoms with Crippen LogP contribution in [0.1, 0.15) is 143 Å². The van der Waals surface area contributed by atoms with Gasteiger partial charge < -0.3 is 19.9 Å². The van der Waals surface area contributed by atoms with E-state index in [-0.39, 0.29) is 30.6 Å². The fourth-order valence-electron chi connectivity index (χ4n) is 7.04. The molecule has 0 radical (unpaired) electrons. The van der Waals surface area contributed by atoms with Crippen molar-refractivity contribution in [1.82, 2.24) is 25.5 Å². The molecule has 10 heteroatoms. The van der Waals surface area contributed by atoms with E-state index in [1.807, 2.05) is 73.8 Å². The number of carbonyl (C=O) groups excluding carboxylic acids is 1. The molecule has 1 aromatic heterocycles. The number of ether oxygens (including phenoxy) is 2. The molecule has 4 atom stereocenters. The van der Waals surface area contributed by atoms with Crippen LogP contribution in [0, 0.1) is 0 Å². The van der Waals surface area contributed by atoms with Gasteiger partial charge in [-0.25, -0.2) is 4.68 Å². The fourth-order valence-corrected chi connectivity index (χ4v) is 7.95. The molecular weight excluding hydrogens is 683 g/mol. The summed E-state index contributed by atoms with van der Waals surface area (Å²) in [5.74, 6) is 0.615. The highest BCUT2D eigenvalue weighted by molar-refractivity contribution is 7.99. The first-order chi connectivity index (χ1) is 26.1. The maximum Gasteiger partial charge on any atom is 0.220 e. The fraction of sp³-hybridized carbons (Fsp3) is 0.535. The van der Waals surface area contributed by atoms with Crippen LogP contribution >= 0.6 is 11.8 Å². The van der Waals surface area contributed by atoms with E-state index in [1.54, 1.807) is 16.4 Å². The van der Waals surface area contributed by atoms with E-state index in [2.05, 4.69) is 39.9 Å². The van der Waals surface area contributed by atoms with E-state index in [0.29, 0.717) is 23.9 Å². The smallest absolute Gasteiger partial charge is 0.220 e. The van der Waals surface area contributed by atoms with Crippen LogP contribution in [-0.4, -0.2) is 43.1 Å². The Labute approximate surface area is 320 Å². The Morgan fingerprint density at radius 3 is 1.96 bits per heavy atom. The van der Waals surface area contributed by atoms with Crippen LogP contribution in [0.5, 0.6) is 0 Å². The second-order valence-electron chi connectivity index (χ2n) is 14.3. The van der Waals surface area contributed by atoms with Gasteiger partial charge in [0.1, 0.15) is 0 Å². The summed E-state index contributed by atoms with van der Waals surface area (Å²) in [5, 5.41) is 25.5. The summed E-state index contributed by atoms with van der Waals surface area (Å²) in [6.45, 7) is 2.74. The summed E-state index contributed by atoms with van der Waals surface area (Å²) in [6.07, 6.45) is 16.3. The molecule has 2 N–H and O–H groups in total. The van der Waals surface area contributed by atoms with Gasteiger partial charge in [0.05, 0.1) is 18.8 Å². The number of nitrogens with zero attached hydrogens (tertiary/aromatic N) is 4. The highest BCUT2D eigenvalue weighted by Crippen LogP contribution is 2.48. The number of aliphatic hydroxyl groups excluding tert-OH is 1. The van der Waals surface area contributed by atoms with Crippen molar-refractivity contribution < 1.29 is 19.4 Å². The first kappa shape index (κ1) is 40.6. The van der Waals surface area contributed by atoms with Gasteiger partial charge in [0.25, 0.3) is 0 Å². The quantitative estimate of drug-likeness (QED) is 0.0572. The predicted molar refractivity (Wildman–Crippen MR) is 211 cm³/mol. The van der Waals surface area contributed by atoms with Crippen LogP contribution < -0.4 is 5.32 Å². The third-order valence-corrected chi connectivity index (χ3v) is 11.3. The first-order valence-corrected chi connectivity index (χ1v) is 20.8. The SMILES string of the molecule is CCCCCCCCCCCCCCCC(=O)NCc1ccc(C2OC(CSc3nnnn3C)C(c3ccccc3)C(c3ccc(CO)cc3)O2)cc1. The topological polar surface area (TPSA) is 111 Å². The van der Waals surface area contributed by atoms with Crippen molar-refractivity contribution in [3.8, 4) is 0 Å². The standard InChI is InChI=1S/C43H59N5O4S/c1-3-4-5-6-7-8-9-10-11-12-13-14-18-21-39(50)44-30-33-22-28-37(29-23-33)42-51-38(32-53-43-45-46-47-48(43)2)40(35-19-16-15-17-20-35)41(52-42)36-26-24-34(31-49)25-27-36/h15-17,19-20,22-29,38,40-42,49H,3-14,18,21,30-32H2,1-2H3,(H,44,50). The molecule has 0 bridgehead atoms. The van der Waals surface area contributed by atoms with E-state index in [1.165, 1.54) is 70.6 Å². The van der Waals surface area contributed by atoms with Crippen LogP contribution in [0.3, 0.4) is 0 Å². The molecule has 1 aliphatic rings. The van der Waals surface area contributed by atoms with Crippen molar-refractivity contribution in [3.05, 3.63) is 107 Å². The third-order valence-electron chi connectivity index (χ3n) is 10.2. The van der Waals surface area contributed by atoms with Crippen molar-refractivity contribution in [1.29, 1.82) is 0 Å². The van der Waals surface area contributed by atoms with E-state index in [4.69, 9.17) is 9.47 Å². The van der Waals surface area contributed by atoms with Crippen molar-refractivity contribution in [2.24, 2.45) is 7.05 Å². The van der Waals surface area contributed by atoms with Crippen LogP contribution in [0.4, 0.5) is 0 Å². The maximum absolute atomic E-state index is 12.6. The van der Waals surface area contributed by atoms with Crippen LogP contribution in [-0.2, 0) is 34.5 Å². The molecule has 0 aliphatic carbocycles. The maximum atomic E-state index is 12.6. The van der Waals surface area contributed by atoms with E-state index >= 15 is 0 Å². The van der Waals surface area contributed by atoms with E-state index in [0.717, 1.165) is 40.7 Å². The minimum absolute atomic E-state index is 0.0170. The minimum Gasteiger partial charge on any atom is -0.392 e. The molecule has 2 heterocycles. The lowest BCUT2D eigenvalue weighted by atomic mass is 9.84.